The zero-order valence-electron chi connectivity index (χ0n) is 9.08. The van der Waals surface area contributed by atoms with Gasteiger partial charge in [0.1, 0.15) is 0 Å². The van der Waals surface area contributed by atoms with Gasteiger partial charge in [-0.15, -0.1) is 0 Å². The molecule has 80 valence electrons. The third kappa shape index (κ3) is 3.05. The number of ether oxygens (including phenoxy) is 1. The first-order valence-corrected chi connectivity index (χ1v) is 5.40. The molecule has 14 heavy (non-hydrogen) atoms. The van der Waals surface area contributed by atoms with Crippen LogP contribution < -0.4 is 0 Å². The van der Waals surface area contributed by atoms with Crippen LogP contribution in [-0.2, 0) is 9.53 Å². The lowest BCUT2D eigenvalue weighted by molar-refractivity contribution is -0.137. The molecule has 3 nitrogen and oxygen atoms in total. The fraction of sp³-hybridized carbons (Fsp3) is 0.727. The average Bonchev–Trinajstić information content (AvgIpc) is 2.67. The summed E-state index contributed by atoms with van der Waals surface area (Å²) in [6.45, 7) is 6.51. The van der Waals surface area contributed by atoms with Crippen molar-refractivity contribution in [3.8, 4) is 0 Å². The second kappa shape index (κ2) is 5.68. The molecule has 0 amide bonds. The molecule has 0 spiro atoms. The fourth-order valence-corrected chi connectivity index (χ4v) is 1.74. The van der Waals surface area contributed by atoms with Crippen molar-refractivity contribution < 1.29 is 9.53 Å². The van der Waals surface area contributed by atoms with E-state index in [0.29, 0.717) is 6.61 Å². The molecule has 0 N–H and O–H groups in total. The first-order chi connectivity index (χ1) is 6.77. The number of rotatable bonds is 4. The molecular formula is C11H19NO2. The molecule has 1 aliphatic rings. The molecular weight excluding hydrogens is 178 g/mol. The lowest BCUT2D eigenvalue weighted by Crippen LogP contribution is -2.19. The zero-order chi connectivity index (χ0) is 10.4. The van der Waals surface area contributed by atoms with Gasteiger partial charge in [-0.1, -0.05) is 6.92 Å². The molecule has 0 aromatic carbocycles. The van der Waals surface area contributed by atoms with Gasteiger partial charge in [-0.2, -0.15) is 0 Å². The van der Waals surface area contributed by atoms with Crippen molar-refractivity contribution in [2.24, 2.45) is 0 Å². The van der Waals surface area contributed by atoms with Crippen LogP contribution >= 0.6 is 0 Å². The number of allylic oxidation sites excluding steroid dienone is 1. The first-order valence-electron chi connectivity index (χ1n) is 5.40. The highest BCUT2D eigenvalue weighted by molar-refractivity contribution is 5.82. The topological polar surface area (TPSA) is 29.5 Å². The Morgan fingerprint density at radius 1 is 1.36 bits per heavy atom. The summed E-state index contributed by atoms with van der Waals surface area (Å²) in [5, 5.41) is 0. The Labute approximate surface area is 85.7 Å². The summed E-state index contributed by atoms with van der Waals surface area (Å²) in [6, 6.07) is 0. The minimum absolute atomic E-state index is 0.212. The van der Waals surface area contributed by atoms with Crippen molar-refractivity contribution >= 4 is 5.97 Å². The number of hydrogen-bond acceptors (Lipinski definition) is 3. The fourth-order valence-electron chi connectivity index (χ4n) is 1.74. The van der Waals surface area contributed by atoms with Gasteiger partial charge in [0.2, 0.25) is 0 Å². The number of carbonyl (C=O) groups excluding carboxylic acids is 1. The molecule has 0 saturated carbocycles. The van der Waals surface area contributed by atoms with Gasteiger partial charge in [-0.25, -0.2) is 4.79 Å². The Hall–Kier alpha value is -0.990. The smallest absolute Gasteiger partial charge is 0.332 e. The quantitative estimate of drug-likeness (QED) is 0.509. The van der Waals surface area contributed by atoms with Crippen LogP contribution in [0.5, 0.6) is 0 Å². The molecule has 0 aromatic heterocycles. The van der Waals surface area contributed by atoms with E-state index in [-0.39, 0.29) is 5.97 Å². The van der Waals surface area contributed by atoms with Gasteiger partial charge in [-0.3, -0.25) is 0 Å². The minimum atomic E-state index is -0.212. The molecule has 1 fully saturated rings. The zero-order valence-corrected chi connectivity index (χ0v) is 9.08. The third-order valence-corrected chi connectivity index (χ3v) is 2.45. The Morgan fingerprint density at radius 3 is 2.50 bits per heavy atom. The Balaban J connectivity index is 2.54. The molecule has 0 aromatic rings. The predicted molar refractivity (Wildman–Crippen MR) is 55.8 cm³/mol. The standard InChI is InChI=1S/C11H19NO2/c1-3-10(9-11(13)14-4-2)12-7-5-6-8-12/h9H,3-8H2,1-2H3/b10-9-. The van der Waals surface area contributed by atoms with Crippen molar-refractivity contribution in [1.29, 1.82) is 0 Å². The van der Waals surface area contributed by atoms with Crippen LogP contribution in [0.2, 0.25) is 0 Å². The van der Waals surface area contributed by atoms with E-state index in [9.17, 15) is 4.79 Å². The van der Waals surface area contributed by atoms with E-state index < -0.39 is 0 Å². The molecule has 1 saturated heterocycles. The van der Waals surface area contributed by atoms with Crippen molar-refractivity contribution in [2.45, 2.75) is 33.1 Å². The number of esters is 1. The second-order valence-electron chi connectivity index (χ2n) is 3.44. The van der Waals surface area contributed by atoms with Crippen LogP contribution in [0.25, 0.3) is 0 Å². The largest absolute Gasteiger partial charge is 0.463 e. The average molecular weight is 197 g/mol. The van der Waals surface area contributed by atoms with Gasteiger partial charge in [0.05, 0.1) is 6.61 Å². The Kier molecular flexibility index (Phi) is 4.50. The van der Waals surface area contributed by atoms with Gasteiger partial charge >= 0.3 is 5.97 Å². The van der Waals surface area contributed by atoms with Gasteiger partial charge in [0, 0.05) is 24.9 Å². The summed E-state index contributed by atoms with van der Waals surface area (Å²) in [4.78, 5) is 13.5. The van der Waals surface area contributed by atoms with Crippen LogP contribution in [0.1, 0.15) is 33.1 Å². The predicted octanol–water partition coefficient (Wildman–Crippen LogP) is 1.94. The summed E-state index contributed by atoms with van der Waals surface area (Å²) in [7, 11) is 0. The number of nitrogens with zero attached hydrogens (tertiary/aromatic N) is 1. The monoisotopic (exact) mass is 197 g/mol. The van der Waals surface area contributed by atoms with Crippen LogP contribution in [0.15, 0.2) is 11.8 Å². The Morgan fingerprint density at radius 2 is 2.00 bits per heavy atom. The van der Waals surface area contributed by atoms with E-state index in [1.54, 1.807) is 6.08 Å². The first kappa shape index (κ1) is 11.1. The maximum atomic E-state index is 11.2. The van der Waals surface area contributed by atoms with Crippen molar-refractivity contribution in [1.82, 2.24) is 4.90 Å². The summed E-state index contributed by atoms with van der Waals surface area (Å²) >= 11 is 0. The van der Waals surface area contributed by atoms with Crippen LogP contribution in [0, 0.1) is 0 Å². The molecule has 0 atom stereocenters. The van der Waals surface area contributed by atoms with Crippen molar-refractivity contribution in [3.05, 3.63) is 11.8 Å². The van der Waals surface area contributed by atoms with Gasteiger partial charge in [0.15, 0.2) is 0 Å². The maximum absolute atomic E-state index is 11.2. The Bertz CT molecular complexity index is 217. The van der Waals surface area contributed by atoms with Gasteiger partial charge < -0.3 is 9.64 Å². The van der Waals surface area contributed by atoms with E-state index in [0.717, 1.165) is 25.2 Å². The minimum Gasteiger partial charge on any atom is -0.463 e. The van der Waals surface area contributed by atoms with E-state index in [4.69, 9.17) is 4.74 Å². The molecule has 1 heterocycles. The molecule has 0 unspecified atom stereocenters. The van der Waals surface area contributed by atoms with E-state index in [2.05, 4.69) is 11.8 Å². The molecule has 1 aliphatic heterocycles. The van der Waals surface area contributed by atoms with Crippen LogP contribution in [0.3, 0.4) is 0 Å². The van der Waals surface area contributed by atoms with Crippen molar-refractivity contribution in [2.75, 3.05) is 19.7 Å². The SMILES string of the molecule is CCOC(=O)/C=C(/CC)N1CCCC1. The highest BCUT2D eigenvalue weighted by Gasteiger charge is 2.14. The van der Waals surface area contributed by atoms with Crippen molar-refractivity contribution in [3.63, 3.8) is 0 Å². The summed E-state index contributed by atoms with van der Waals surface area (Å²) < 4.78 is 4.89. The summed E-state index contributed by atoms with van der Waals surface area (Å²) in [6.07, 6.45) is 5.01. The maximum Gasteiger partial charge on any atom is 0.332 e. The van der Waals surface area contributed by atoms with Gasteiger partial charge in [0.25, 0.3) is 0 Å². The highest BCUT2D eigenvalue weighted by Crippen LogP contribution is 2.16. The number of likely N-dealkylation sites (tertiary alicyclic amines) is 1. The number of hydrogen-bond donors (Lipinski definition) is 0. The number of carbonyl (C=O) groups is 1. The molecule has 0 radical (unpaired) electrons. The molecule has 0 bridgehead atoms. The summed E-state index contributed by atoms with van der Waals surface area (Å²) in [5.41, 5.74) is 1.11. The van der Waals surface area contributed by atoms with E-state index in [1.165, 1.54) is 12.8 Å². The second-order valence-corrected chi connectivity index (χ2v) is 3.44. The highest BCUT2D eigenvalue weighted by atomic mass is 16.5. The van der Waals surface area contributed by atoms with Crippen LogP contribution in [0.4, 0.5) is 0 Å². The van der Waals surface area contributed by atoms with Crippen LogP contribution in [-0.4, -0.2) is 30.6 Å². The normalized spacial score (nSPS) is 17.3. The molecule has 1 rings (SSSR count). The van der Waals surface area contributed by atoms with E-state index in [1.807, 2.05) is 6.92 Å². The molecule has 3 heteroatoms. The lowest BCUT2D eigenvalue weighted by atomic mass is 10.3. The third-order valence-electron chi connectivity index (χ3n) is 2.45. The van der Waals surface area contributed by atoms with E-state index >= 15 is 0 Å². The summed E-state index contributed by atoms with van der Waals surface area (Å²) in [5.74, 6) is -0.212. The molecule has 0 aliphatic carbocycles. The lowest BCUT2D eigenvalue weighted by Gasteiger charge is -2.19. The van der Waals surface area contributed by atoms with Gasteiger partial charge in [-0.05, 0) is 26.2 Å².